The fourth-order valence-corrected chi connectivity index (χ4v) is 5.08. The molecule has 2 atom stereocenters. The lowest BCUT2D eigenvalue weighted by Gasteiger charge is -2.46. The molecule has 2 bridgehead atoms. The molecule has 8 heteroatoms. The molecule has 2 aromatic carbocycles. The number of nitrogens with zero attached hydrogens (tertiary/aromatic N) is 4. The SMILES string of the molecule is Cc1nc(N2C[C@H]3CC[C@@H]2CN3)c2cnc(-c3cc(O)cc4cccc(F)c34)c(F)c2n1. The van der Waals surface area contributed by atoms with Crippen LogP contribution in [0.15, 0.2) is 36.5 Å². The minimum atomic E-state index is -0.648. The maximum atomic E-state index is 15.9. The van der Waals surface area contributed by atoms with Crippen LogP contribution in [0, 0.1) is 18.6 Å². The van der Waals surface area contributed by atoms with Gasteiger partial charge in [0.2, 0.25) is 0 Å². The van der Waals surface area contributed by atoms with Crippen LogP contribution in [0.25, 0.3) is 32.9 Å². The van der Waals surface area contributed by atoms with E-state index in [4.69, 9.17) is 0 Å². The Hall–Kier alpha value is -3.39. The van der Waals surface area contributed by atoms with Crippen molar-refractivity contribution in [3.63, 3.8) is 0 Å². The van der Waals surface area contributed by atoms with Gasteiger partial charge in [-0.05, 0) is 43.4 Å². The summed E-state index contributed by atoms with van der Waals surface area (Å²) in [7, 11) is 0. The third kappa shape index (κ3) is 2.90. The summed E-state index contributed by atoms with van der Waals surface area (Å²) in [6, 6.07) is 8.01. The van der Waals surface area contributed by atoms with Gasteiger partial charge in [-0.2, -0.15) is 0 Å². The zero-order chi connectivity index (χ0) is 22.0. The van der Waals surface area contributed by atoms with Crippen molar-refractivity contribution in [3.05, 3.63) is 54.0 Å². The van der Waals surface area contributed by atoms with Crippen LogP contribution in [-0.4, -0.2) is 45.2 Å². The Labute approximate surface area is 182 Å². The Balaban J connectivity index is 1.58. The zero-order valence-corrected chi connectivity index (χ0v) is 17.4. The summed E-state index contributed by atoms with van der Waals surface area (Å²) < 4.78 is 30.6. The first kappa shape index (κ1) is 19.3. The predicted octanol–water partition coefficient (Wildman–Crippen LogP) is 4.08. The summed E-state index contributed by atoms with van der Waals surface area (Å²) in [6.07, 6.45) is 3.75. The Kier molecular flexibility index (Phi) is 4.26. The lowest BCUT2D eigenvalue weighted by Crippen LogP contribution is -2.61. The van der Waals surface area contributed by atoms with Gasteiger partial charge >= 0.3 is 0 Å². The highest BCUT2D eigenvalue weighted by Gasteiger charge is 2.35. The van der Waals surface area contributed by atoms with Crippen molar-refractivity contribution in [3.8, 4) is 17.0 Å². The Morgan fingerprint density at radius 2 is 2.03 bits per heavy atom. The van der Waals surface area contributed by atoms with Gasteiger partial charge in [-0.25, -0.2) is 18.7 Å². The first-order valence-electron chi connectivity index (χ1n) is 10.7. The summed E-state index contributed by atoms with van der Waals surface area (Å²) in [6.45, 7) is 3.42. The van der Waals surface area contributed by atoms with Gasteiger partial charge < -0.3 is 15.3 Å². The summed E-state index contributed by atoms with van der Waals surface area (Å²) in [4.78, 5) is 15.6. The molecule has 0 radical (unpaired) electrons. The van der Waals surface area contributed by atoms with E-state index in [-0.39, 0.29) is 27.9 Å². The molecule has 0 amide bonds. The van der Waals surface area contributed by atoms with E-state index in [0.717, 1.165) is 25.9 Å². The summed E-state index contributed by atoms with van der Waals surface area (Å²) in [5.74, 6) is -0.0887. The number of benzene rings is 2. The number of phenolic OH excluding ortho intramolecular Hbond substituents is 1. The molecule has 4 aromatic rings. The average Bonchev–Trinajstić information content (AvgIpc) is 2.79. The highest BCUT2D eigenvalue weighted by atomic mass is 19.1. The number of halogens is 2. The number of nitrogens with one attached hydrogen (secondary N) is 1. The molecule has 2 N–H and O–H groups in total. The number of hydrogen-bond acceptors (Lipinski definition) is 6. The van der Waals surface area contributed by atoms with Crippen LogP contribution >= 0.6 is 0 Å². The topological polar surface area (TPSA) is 74.2 Å². The Morgan fingerprint density at radius 1 is 1.16 bits per heavy atom. The molecule has 3 aliphatic heterocycles. The molecule has 0 unspecified atom stereocenters. The van der Waals surface area contributed by atoms with Gasteiger partial charge in [-0.3, -0.25) is 4.98 Å². The third-order valence-corrected chi connectivity index (χ3v) is 6.56. The van der Waals surface area contributed by atoms with Crippen LogP contribution in [0.1, 0.15) is 18.7 Å². The first-order valence-corrected chi connectivity index (χ1v) is 10.7. The van der Waals surface area contributed by atoms with Crippen LogP contribution in [0.5, 0.6) is 5.75 Å². The van der Waals surface area contributed by atoms with E-state index in [9.17, 15) is 9.50 Å². The molecule has 0 spiro atoms. The molecule has 3 fully saturated rings. The van der Waals surface area contributed by atoms with Crippen molar-refractivity contribution < 1.29 is 13.9 Å². The molecular formula is C24H21F2N5O. The number of aryl methyl sites for hydroxylation is 1. The van der Waals surface area contributed by atoms with E-state index in [2.05, 4.69) is 25.2 Å². The van der Waals surface area contributed by atoms with E-state index < -0.39 is 11.6 Å². The minimum absolute atomic E-state index is 0.0469. The summed E-state index contributed by atoms with van der Waals surface area (Å²) in [5, 5.41) is 14.9. The molecular weight excluding hydrogens is 412 g/mol. The van der Waals surface area contributed by atoms with Crippen LogP contribution in [0.3, 0.4) is 0 Å². The number of piperazine rings is 1. The second-order valence-corrected chi connectivity index (χ2v) is 8.60. The zero-order valence-electron chi connectivity index (χ0n) is 17.4. The fraction of sp³-hybridized carbons (Fsp3) is 0.292. The van der Waals surface area contributed by atoms with Crippen LogP contribution in [0.4, 0.5) is 14.6 Å². The van der Waals surface area contributed by atoms with Gasteiger partial charge in [0.1, 0.15) is 34.4 Å². The van der Waals surface area contributed by atoms with Gasteiger partial charge in [0, 0.05) is 42.3 Å². The van der Waals surface area contributed by atoms with Crippen molar-refractivity contribution in [2.45, 2.75) is 31.8 Å². The molecule has 7 rings (SSSR count). The lowest BCUT2D eigenvalue weighted by molar-refractivity contribution is 0.289. The van der Waals surface area contributed by atoms with Crippen LogP contribution in [-0.2, 0) is 0 Å². The minimum Gasteiger partial charge on any atom is -0.508 e. The van der Waals surface area contributed by atoms with Crippen molar-refractivity contribution in [1.29, 1.82) is 0 Å². The number of fused-ring (bicyclic) bond motifs is 5. The third-order valence-electron chi connectivity index (χ3n) is 6.56. The predicted molar refractivity (Wildman–Crippen MR) is 119 cm³/mol. The summed E-state index contributed by atoms with van der Waals surface area (Å²) in [5.41, 5.74) is 0.297. The number of rotatable bonds is 2. The van der Waals surface area contributed by atoms with E-state index in [0.29, 0.717) is 34.5 Å². The molecule has 32 heavy (non-hydrogen) atoms. The number of aromatic hydroxyl groups is 1. The maximum Gasteiger partial charge on any atom is 0.175 e. The van der Waals surface area contributed by atoms with Crippen molar-refractivity contribution in [1.82, 2.24) is 20.3 Å². The highest BCUT2D eigenvalue weighted by Crippen LogP contribution is 2.38. The number of anilines is 1. The van der Waals surface area contributed by atoms with Gasteiger partial charge in [-0.15, -0.1) is 0 Å². The first-order chi connectivity index (χ1) is 15.5. The molecule has 5 heterocycles. The van der Waals surface area contributed by atoms with Crippen LogP contribution in [0.2, 0.25) is 0 Å². The molecule has 162 valence electrons. The Morgan fingerprint density at radius 3 is 2.78 bits per heavy atom. The molecule has 3 aliphatic rings. The number of phenols is 1. The lowest BCUT2D eigenvalue weighted by atomic mass is 9.93. The molecule has 0 saturated carbocycles. The number of pyridine rings is 1. The molecule has 2 aromatic heterocycles. The maximum absolute atomic E-state index is 15.9. The Bertz CT molecular complexity index is 1380. The number of piperidine rings is 2. The van der Waals surface area contributed by atoms with Gasteiger partial charge in [-0.1, -0.05) is 12.1 Å². The quantitative estimate of drug-likeness (QED) is 0.496. The average molecular weight is 433 g/mol. The van der Waals surface area contributed by atoms with Gasteiger partial charge in [0.25, 0.3) is 0 Å². The monoisotopic (exact) mass is 433 g/mol. The van der Waals surface area contributed by atoms with E-state index in [1.165, 1.54) is 18.2 Å². The highest BCUT2D eigenvalue weighted by molar-refractivity contribution is 6.00. The molecule has 6 nitrogen and oxygen atoms in total. The second-order valence-electron chi connectivity index (χ2n) is 8.60. The summed E-state index contributed by atoms with van der Waals surface area (Å²) >= 11 is 0. The standard InChI is InChI=1S/C24H21F2N5O/c1-12-29-23-18(24(30-12)31-11-14-5-6-15(31)9-27-14)10-28-22(21(23)26)17-8-16(32)7-13-3-2-4-19(25)20(13)17/h2-4,7-8,10,14-15,27,32H,5-6,9,11H2,1H3/t14-,15-/m1/s1. The van der Waals surface area contributed by atoms with E-state index >= 15 is 4.39 Å². The number of hydrogen-bond donors (Lipinski definition) is 2. The van der Waals surface area contributed by atoms with Gasteiger partial charge in [0.15, 0.2) is 5.82 Å². The van der Waals surface area contributed by atoms with E-state index in [1.54, 1.807) is 25.3 Å². The largest absolute Gasteiger partial charge is 0.508 e. The van der Waals surface area contributed by atoms with E-state index in [1.807, 2.05) is 0 Å². The van der Waals surface area contributed by atoms with Crippen molar-refractivity contribution in [2.24, 2.45) is 0 Å². The molecule has 0 aliphatic carbocycles. The molecule has 3 saturated heterocycles. The number of aromatic nitrogens is 3. The smallest absolute Gasteiger partial charge is 0.175 e. The fourth-order valence-electron chi connectivity index (χ4n) is 5.08. The van der Waals surface area contributed by atoms with Crippen LogP contribution < -0.4 is 10.2 Å². The second kappa shape index (κ2) is 7.06. The van der Waals surface area contributed by atoms with Crippen molar-refractivity contribution in [2.75, 3.05) is 18.0 Å². The van der Waals surface area contributed by atoms with Crippen molar-refractivity contribution >= 4 is 27.5 Å². The van der Waals surface area contributed by atoms with Gasteiger partial charge in [0.05, 0.1) is 5.39 Å². The normalized spacial score (nSPS) is 20.4.